The second-order valence-corrected chi connectivity index (χ2v) is 5.99. The maximum atomic E-state index is 10.3. The van der Waals surface area contributed by atoms with Crippen LogP contribution in [0.25, 0.3) is 0 Å². The van der Waals surface area contributed by atoms with Gasteiger partial charge in [-0.25, -0.2) is 0 Å². The molecule has 0 saturated carbocycles. The Kier molecular flexibility index (Phi) is 4.85. The smallest absolute Gasteiger partial charge is 0.0621 e. The Morgan fingerprint density at radius 3 is 2.20 bits per heavy atom. The van der Waals surface area contributed by atoms with E-state index in [1.54, 1.807) is 0 Å². The molecular weight excluding hydrogens is 268 g/mol. The molecule has 106 valence electrons. The van der Waals surface area contributed by atoms with Crippen molar-refractivity contribution in [2.75, 3.05) is 0 Å². The normalized spacial score (nSPS) is 12.4. The monoisotopic (exact) mass is 288 g/mol. The summed E-state index contributed by atoms with van der Waals surface area (Å²) in [6.07, 6.45) is 0.847. The van der Waals surface area contributed by atoms with Crippen molar-refractivity contribution in [3.05, 3.63) is 69.2 Å². The predicted molar refractivity (Wildman–Crippen MR) is 85.5 cm³/mol. The van der Waals surface area contributed by atoms with Gasteiger partial charge in [-0.3, -0.25) is 0 Å². The molecule has 0 aliphatic heterocycles. The van der Waals surface area contributed by atoms with Crippen molar-refractivity contribution in [3.8, 4) is 0 Å². The Labute approximate surface area is 126 Å². The molecule has 2 aromatic carbocycles. The minimum Gasteiger partial charge on any atom is -0.392 e. The van der Waals surface area contributed by atoms with Crippen LogP contribution >= 0.6 is 11.6 Å². The molecule has 0 aliphatic rings. The van der Waals surface area contributed by atoms with Gasteiger partial charge in [-0.2, -0.15) is 0 Å². The van der Waals surface area contributed by atoms with E-state index >= 15 is 0 Å². The minimum atomic E-state index is -0.407. The van der Waals surface area contributed by atoms with Crippen LogP contribution in [-0.4, -0.2) is 11.2 Å². The molecule has 0 bridgehead atoms. The lowest BCUT2D eigenvalue weighted by molar-refractivity contribution is 0.175. The van der Waals surface area contributed by atoms with Crippen LogP contribution in [-0.2, 0) is 12.8 Å². The molecule has 2 heteroatoms. The van der Waals surface area contributed by atoms with Crippen molar-refractivity contribution in [2.24, 2.45) is 0 Å². The minimum absolute atomic E-state index is 0.407. The van der Waals surface area contributed by atoms with Crippen molar-refractivity contribution in [3.63, 3.8) is 0 Å². The highest BCUT2D eigenvalue weighted by Gasteiger charge is 2.11. The molecule has 1 atom stereocenters. The maximum Gasteiger partial charge on any atom is 0.0621 e. The Bertz CT molecular complexity index is 604. The molecule has 0 fully saturated rings. The van der Waals surface area contributed by atoms with Gasteiger partial charge in [-0.05, 0) is 55.5 Å². The zero-order chi connectivity index (χ0) is 14.7. The number of aliphatic hydroxyl groups excluding tert-OH is 1. The number of hydrogen-bond donors (Lipinski definition) is 1. The van der Waals surface area contributed by atoms with Gasteiger partial charge in [0.2, 0.25) is 0 Å². The summed E-state index contributed by atoms with van der Waals surface area (Å²) in [5.41, 5.74) is 5.81. The van der Waals surface area contributed by atoms with Crippen LogP contribution in [0.4, 0.5) is 0 Å². The summed E-state index contributed by atoms with van der Waals surface area (Å²) >= 11 is 6.22. The van der Waals surface area contributed by atoms with Crippen LogP contribution < -0.4 is 0 Å². The third kappa shape index (κ3) is 3.84. The summed E-state index contributed by atoms with van der Waals surface area (Å²) < 4.78 is 0. The fourth-order valence-corrected chi connectivity index (χ4v) is 2.73. The average molecular weight is 289 g/mol. The second kappa shape index (κ2) is 6.43. The van der Waals surface area contributed by atoms with E-state index in [9.17, 15) is 5.11 Å². The van der Waals surface area contributed by atoms with E-state index < -0.39 is 6.10 Å². The summed E-state index contributed by atoms with van der Waals surface area (Å²) in [4.78, 5) is 0. The van der Waals surface area contributed by atoms with Gasteiger partial charge >= 0.3 is 0 Å². The van der Waals surface area contributed by atoms with E-state index in [1.807, 2.05) is 25.1 Å². The molecule has 20 heavy (non-hydrogen) atoms. The molecule has 2 aromatic rings. The number of aryl methyl sites for hydroxylation is 3. The SMILES string of the molecule is Cc1ccc(CC(O)Cc2cc(C)ccc2C)c(Cl)c1. The predicted octanol–water partition coefficient (Wildman–Crippen LogP) is 4.41. The Morgan fingerprint density at radius 1 is 0.900 bits per heavy atom. The summed E-state index contributed by atoms with van der Waals surface area (Å²) in [6.45, 7) is 6.18. The Morgan fingerprint density at radius 2 is 1.50 bits per heavy atom. The fraction of sp³-hybridized carbons (Fsp3) is 0.333. The van der Waals surface area contributed by atoms with Gasteiger partial charge in [0.05, 0.1) is 6.10 Å². The van der Waals surface area contributed by atoms with E-state index in [2.05, 4.69) is 32.0 Å². The first kappa shape index (κ1) is 15.1. The first-order valence-corrected chi connectivity index (χ1v) is 7.32. The van der Waals surface area contributed by atoms with Crippen LogP contribution in [0.15, 0.2) is 36.4 Å². The van der Waals surface area contributed by atoms with Crippen molar-refractivity contribution in [1.29, 1.82) is 0 Å². The largest absolute Gasteiger partial charge is 0.392 e. The highest BCUT2D eigenvalue weighted by atomic mass is 35.5. The number of halogens is 1. The topological polar surface area (TPSA) is 20.2 Å². The van der Waals surface area contributed by atoms with Crippen LogP contribution in [0, 0.1) is 20.8 Å². The molecule has 1 nitrogen and oxygen atoms in total. The van der Waals surface area contributed by atoms with Crippen LogP contribution in [0.2, 0.25) is 5.02 Å². The average Bonchev–Trinajstić information content (AvgIpc) is 2.37. The molecule has 0 amide bonds. The van der Waals surface area contributed by atoms with Crippen molar-refractivity contribution in [2.45, 2.75) is 39.7 Å². The zero-order valence-electron chi connectivity index (χ0n) is 12.3. The molecule has 0 spiro atoms. The van der Waals surface area contributed by atoms with Gasteiger partial charge in [-0.1, -0.05) is 47.5 Å². The second-order valence-electron chi connectivity index (χ2n) is 5.59. The lowest BCUT2D eigenvalue weighted by atomic mass is 9.96. The number of aliphatic hydroxyl groups is 1. The summed E-state index contributed by atoms with van der Waals surface area (Å²) in [7, 11) is 0. The third-order valence-electron chi connectivity index (χ3n) is 3.62. The summed E-state index contributed by atoms with van der Waals surface area (Å²) in [6, 6.07) is 12.3. The Hall–Kier alpha value is -1.31. The van der Waals surface area contributed by atoms with E-state index in [4.69, 9.17) is 11.6 Å². The molecule has 0 radical (unpaired) electrons. The van der Waals surface area contributed by atoms with E-state index in [1.165, 1.54) is 16.7 Å². The van der Waals surface area contributed by atoms with Crippen LogP contribution in [0.3, 0.4) is 0 Å². The third-order valence-corrected chi connectivity index (χ3v) is 3.98. The van der Waals surface area contributed by atoms with Crippen molar-refractivity contribution < 1.29 is 5.11 Å². The fourth-order valence-electron chi connectivity index (χ4n) is 2.42. The molecule has 0 aromatic heterocycles. The summed E-state index contributed by atoms with van der Waals surface area (Å²) in [5, 5.41) is 11.0. The van der Waals surface area contributed by atoms with Crippen molar-refractivity contribution in [1.82, 2.24) is 0 Å². The number of rotatable bonds is 4. The summed E-state index contributed by atoms with van der Waals surface area (Å²) in [5.74, 6) is 0. The van der Waals surface area contributed by atoms with E-state index in [0.29, 0.717) is 12.8 Å². The molecule has 0 saturated heterocycles. The molecule has 1 unspecified atom stereocenters. The van der Waals surface area contributed by atoms with Gasteiger partial charge in [0.15, 0.2) is 0 Å². The van der Waals surface area contributed by atoms with Gasteiger partial charge in [0.25, 0.3) is 0 Å². The molecule has 0 heterocycles. The van der Waals surface area contributed by atoms with Crippen LogP contribution in [0.1, 0.15) is 27.8 Å². The van der Waals surface area contributed by atoms with Gasteiger partial charge in [-0.15, -0.1) is 0 Å². The molecule has 2 rings (SSSR count). The lowest BCUT2D eigenvalue weighted by Crippen LogP contribution is -2.15. The molecule has 0 aliphatic carbocycles. The van der Waals surface area contributed by atoms with Gasteiger partial charge in [0, 0.05) is 11.4 Å². The van der Waals surface area contributed by atoms with E-state index in [0.717, 1.165) is 16.1 Å². The Balaban J connectivity index is 2.08. The zero-order valence-corrected chi connectivity index (χ0v) is 13.0. The van der Waals surface area contributed by atoms with Crippen LogP contribution in [0.5, 0.6) is 0 Å². The van der Waals surface area contributed by atoms with E-state index in [-0.39, 0.29) is 0 Å². The quantitative estimate of drug-likeness (QED) is 0.883. The lowest BCUT2D eigenvalue weighted by Gasteiger charge is -2.14. The first-order valence-electron chi connectivity index (χ1n) is 6.95. The van der Waals surface area contributed by atoms with Gasteiger partial charge < -0.3 is 5.11 Å². The molecular formula is C18H21ClO. The highest BCUT2D eigenvalue weighted by molar-refractivity contribution is 6.31. The van der Waals surface area contributed by atoms with Gasteiger partial charge in [0.1, 0.15) is 0 Å². The molecule has 1 N–H and O–H groups in total. The first-order chi connectivity index (χ1) is 9.45. The maximum absolute atomic E-state index is 10.3. The highest BCUT2D eigenvalue weighted by Crippen LogP contribution is 2.21. The standard InChI is InChI=1S/C18H21ClO/c1-12-4-6-14(3)16(8-12)11-17(20)10-15-7-5-13(2)9-18(15)19/h4-9,17,20H,10-11H2,1-3H3. The number of hydrogen-bond acceptors (Lipinski definition) is 1. The van der Waals surface area contributed by atoms with Crippen molar-refractivity contribution >= 4 is 11.6 Å². The number of benzene rings is 2.